The van der Waals surface area contributed by atoms with E-state index in [2.05, 4.69) is 53.4 Å². The lowest BCUT2D eigenvalue weighted by molar-refractivity contribution is 0.475. The minimum Gasteiger partial charge on any atom is -0.335 e. The van der Waals surface area contributed by atoms with Crippen molar-refractivity contribution in [1.29, 1.82) is 0 Å². The molecule has 0 N–H and O–H groups in total. The van der Waals surface area contributed by atoms with Crippen LogP contribution in [0.25, 0.3) is 0 Å². The van der Waals surface area contributed by atoms with Gasteiger partial charge in [0, 0.05) is 32.9 Å². The van der Waals surface area contributed by atoms with E-state index in [-0.39, 0.29) is 0 Å². The van der Waals surface area contributed by atoms with Crippen molar-refractivity contribution in [2.45, 2.75) is 42.6 Å². The Morgan fingerprint density at radius 1 is 1.19 bits per heavy atom. The molecule has 0 aliphatic carbocycles. The lowest BCUT2D eigenvalue weighted by Gasteiger charge is -2.37. The summed E-state index contributed by atoms with van der Waals surface area (Å²) in [5.41, 5.74) is 0. The predicted octanol–water partition coefficient (Wildman–Crippen LogP) is 2.98. The van der Waals surface area contributed by atoms with Gasteiger partial charge in [-0.25, -0.2) is 9.97 Å². The van der Waals surface area contributed by atoms with Gasteiger partial charge in [-0.2, -0.15) is 0 Å². The van der Waals surface area contributed by atoms with Crippen LogP contribution in [0.2, 0.25) is 0 Å². The summed E-state index contributed by atoms with van der Waals surface area (Å²) in [4.78, 5) is 12.0. The molecule has 2 unspecified atom stereocenters. The Morgan fingerprint density at radius 3 is 2.31 bits per heavy atom. The van der Waals surface area contributed by atoms with E-state index in [0.29, 0.717) is 16.9 Å². The molecule has 5 heteroatoms. The van der Waals surface area contributed by atoms with Crippen LogP contribution in [0, 0.1) is 3.57 Å². The van der Waals surface area contributed by atoms with Gasteiger partial charge in [0.25, 0.3) is 0 Å². The van der Waals surface area contributed by atoms with Crippen LogP contribution in [0.4, 0.5) is 5.95 Å². The number of halogens is 2. The fourth-order valence-corrected chi connectivity index (χ4v) is 4.02. The number of rotatable bonds is 1. The van der Waals surface area contributed by atoms with E-state index in [9.17, 15) is 0 Å². The first kappa shape index (κ1) is 11.2. The third kappa shape index (κ3) is 1.96. The molecule has 86 valence electrons. The predicted molar refractivity (Wildman–Crippen MR) is 76.0 cm³/mol. The quantitative estimate of drug-likeness (QED) is 0.542. The fourth-order valence-electron chi connectivity index (χ4n) is 2.88. The lowest BCUT2D eigenvalue weighted by Crippen LogP contribution is -2.44. The fraction of sp³-hybridized carbons (Fsp3) is 0.636. The van der Waals surface area contributed by atoms with Crippen molar-refractivity contribution in [2.75, 3.05) is 4.90 Å². The van der Waals surface area contributed by atoms with Crippen LogP contribution in [0.5, 0.6) is 0 Å². The molecule has 1 aromatic heterocycles. The molecule has 2 bridgehead atoms. The van der Waals surface area contributed by atoms with Gasteiger partial charge in [-0.1, -0.05) is 15.9 Å². The molecule has 2 atom stereocenters. The highest BCUT2D eigenvalue weighted by atomic mass is 127. The molecule has 0 saturated carbocycles. The van der Waals surface area contributed by atoms with Crippen molar-refractivity contribution in [3.05, 3.63) is 16.0 Å². The number of anilines is 1. The Morgan fingerprint density at radius 2 is 1.75 bits per heavy atom. The van der Waals surface area contributed by atoms with Crippen molar-refractivity contribution in [3.8, 4) is 0 Å². The highest BCUT2D eigenvalue weighted by Gasteiger charge is 2.41. The summed E-state index contributed by atoms with van der Waals surface area (Å²) in [6, 6.07) is 1.28. The SMILES string of the molecule is BrC1CC2CCC(C1)N2c1ncc(I)cn1. The van der Waals surface area contributed by atoms with Crippen LogP contribution in [0.3, 0.4) is 0 Å². The molecule has 16 heavy (non-hydrogen) atoms. The Labute approximate surface area is 117 Å². The third-order valence-electron chi connectivity index (χ3n) is 3.51. The summed E-state index contributed by atoms with van der Waals surface area (Å²) < 4.78 is 1.10. The van der Waals surface area contributed by atoms with E-state index in [4.69, 9.17) is 0 Å². The number of piperidine rings is 1. The van der Waals surface area contributed by atoms with E-state index >= 15 is 0 Å². The van der Waals surface area contributed by atoms with Gasteiger partial charge in [-0.3, -0.25) is 0 Å². The van der Waals surface area contributed by atoms with Crippen molar-refractivity contribution < 1.29 is 0 Å². The van der Waals surface area contributed by atoms with Crippen molar-refractivity contribution in [1.82, 2.24) is 9.97 Å². The molecular formula is C11H13BrIN3. The summed E-state index contributed by atoms with van der Waals surface area (Å²) >= 11 is 6.00. The van der Waals surface area contributed by atoms with Crippen LogP contribution in [-0.2, 0) is 0 Å². The Balaban J connectivity index is 1.88. The second-order valence-electron chi connectivity index (χ2n) is 4.56. The standard InChI is InChI=1S/C11H13BrIN3/c12-7-3-9-1-2-10(4-7)16(9)11-14-5-8(13)6-15-11/h5-7,9-10H,1-4H2. The van der Waals surface area contributed by atoms with E-state index in [1.807, 2.05) is 12.4 Å². The van der Waals surface area contributed by atoms with Gasteiger partial charge < -0.3 is 4.90 Å². The van der Waals surface area contributed by atoms with Crippen LogP contribution in [0.15, 0.2) is 12.4 Å². The average Bonchev–Trinajstić information content (AvgIpc) is 2.54. The highest BCUT2D eigenvalue weighted by molar-refractivity contribution is 14.1. The van der Waals surface area contributed by atoms with Gasteiger partial charge in [0.2, 0.25) is 5.95 Å². The molecule has 3 heterocycles. The third-order valence-corrected chi connectivity index (χ3v) is 4.82. The summed E-state index contributed by atoms with van der Waals surface area (Å²) in [6.07, 6.45) is 8.85. The lowest BCUT2D eigenvalue weighted by atomic mass is 10.0. The minimum atomic E-state index is 0.642. The van der Waals surface area contributed by atoms with Gasteiger partial charge in [-0.15, -0.1) is 0 Å². The molecule has 0 radical (unpaired) electrons. The number of nitrogens with zero attached hydrogens (tertiary/aromatic N) is 3. The van der Waals surface area contributed by atoms with Gasteiger partial charge in [0.1, 0.15) is 0 Å². The summed E-state index contributed by atoms with van der Waals surface area (Å²) in [7, 11) is 0. The van der Waals surface area contributed by atoms with Crippen LogP contribution >= 0.6 is 38.5 Å². The zero-order chi connectivity index (χ0) is 11.1. The zero-order valence-electron chi connectivity index (χ0n) is 8.81. The molecule has 2 aliphatic rings. The molecule has 2 aliphatic heterocycles. The second kappa shape index (κ2) is 4.40. The van der Waals surface area contributed by atoms with Crippen molar-refractivity contribution >= 4 is 44.5 Å². The van der Waals surface area contributed by atoms with Gasteiger partial charge in [-0.05, 0) is 48.3 Å². The Hall–Kier alpha value is 0.0900. The zero-order valence-corrected chi connectivity index (χ0v) is 12.6. The van der Waals surface area contributed by atoms with E-state index in [1.165, 1.54) is 25.7 Å². The molecular weight excluding hydrogens is 381 g/mol. The number of aromatic nitrogens is 2. The minimum absolute atomic E-state index is 0.642. The second-order valence-corrected chi connectivity index (χ2v) is 7.10. The number of alkyl halides is 1. The number of fused-ring (bicyclic) bond motifs is 2. The molecule has 0 amide bonds. The van der Waals surface area contributed by atoms with Gasteiger partial charge in [0.05, 0.1) is 0 Å². The summed E-state index contributed by atoms with van der Waals surface area (Å²) in [6.45, 7) is 0. The Bertz CT molecular complexity index is 369. The normalized spacial score (nSPS) is 33.1. The van der Waals surface area contributed by atoms with Crippen LogP contribution in [-0.4, -0.2) is 26.9 Å². The molecule has 0 spiro atoms. The number of hydrogen-bond donors (Lipinski definition) is 0. The summed E-state index contributed by atoms with van der Waals surface area (Å²) in [5.74, 6) is 0.923. The average molecular weight is 394 g/mol. The Kier molecular flexibility index (Phi) is 3.08. The molecule has 3 rings (SSSR count). The first-order valence-electron chi connectivity index (χ1n) is 5.64. The topological polar surface area (TPSA) is 29.0 Å². The van der Waals surface area contributed by atoms with Crippen LogP contribution < -0.4 is 4.90 Å². The molecule has 1 aromatic rings. The van der Waals surface area contributed by atoms with E-state index < -0.39 is 0 Å². The van der Waals surface area contributed by atoms with Crippen molar-refractivity contribution in [2.24, 2.45) is 0 Å². The smallest absolute Gasteiger partial charge is 0.225 e. The van der Waals surface area contributed by atoms with Gasteiger partial charge >= 0.3 is 0 Å². The monoisotopic (exact) mass is 393 g/mol. The molecule has 2 fully saturated rings. The number of hydrogen-bond acceptors (Lipinski definition) is 3. The maximum Gasteiger partial charge on any atom is 0.225 e. The molecule has 3 nitrogen and oxygen atoms in total. The molecule has 0 aromatic carbocycles. The summed E-state index contributed by atoms with van der Waals surface area (Å²) in [5, 5.41) is 0. The van der Waals surface area contributed by atoms with Crippen LogP contribution in [0.1, 0.15) is 25.7 Å². The van der Waals surface area contributed by atoms with Crippen molar-refractivity contribution in [3.63, 3.8) is 0 Å². The van der Waals surface area contributed by atoms with Gasteiger partial charge in [0.15, 0.2) is 0 Å². The van der Waals surface area contributed by atoms with E-state index in [0.717, 1.165) is 9.52 Å². The maximum absolute atomic E-state index is 4.46. The highest BCUT2D eigenvalue weighted by Crippen LogP contribution is 2.39. The van der Waals surface area contributed by atoms with E-state index in [1.54, 1.807) is 0 Å². The first-order valence-corrected chi connectivity index (χ1v) is 7.63. The first-order chi connectivity index (χ1) is 7.74. The largest absolute Gasteiger partial charge is 0.335 e. The maximum atomic E-state index is 4.46. The molecule has 2 saturated heterocycles.